The van der Waals surface area contributed by atoms with E-state index in [-0.39, 0.29) is 0 Å². The van der Waals surface area contributed by atoms with Crippen LogP contribution in [-0.2, 0) is 0 Å². The number of hydrogen-bond acceptors (Lipinski definition) is 3. The van der Waals surface area contributed by atoms with Gasteiger partial charge in [-0.15, -0.1) is 11.3 Å². The van der Waals surface area contributed by atoms with Gasteiger partial charge >= 0.3 is 0 Å². The average Bonchev–Trinajstić information content (AvgIpc) is 2.53. The van der Waals surface area contributed by atoms with Crippen LogP contribution in [0.1, 0.15) is 5.69 Å². The molecule has 0 aliphatic carbocycles. The number of benzene rings is 1. The van der Waals surface area contributed by atoms with Crippen LogP contribution in [0.2, 0.25) is 0 Å². The van der Waals surface area contributed by atoms with Crippen molar-refractivity contribution in [1.82, 2.24) is 4.98 Å². The van der Waals surface area contributed by atoms with Gasteiger partial charge < -0.3 is 0 Å². The molecule has 13 heavy (non-hydrogen) atoms. The molecule has 0 aliphatic rings. The Morgan fingerprint density at radius 3 is 3.00 bits per heavy atom. The van der Waals surface area contributed by atoms with Gasteiger partial charge in [0.15, 0.2) is 4.34 Å². The Hall–Kier alpha value is -0.800. The van der Waals surface area contributed by atoms with Crippen LogP contribution in [-0.4, -0.2) is 4.98 Å². The van der Waals surface area contributed by atoms with Crippen LogP contribution in [0.15, 0.2) is 38.9 Å². The van der Waals surface area contributed by atoms with Gasteiger partial charge in [-0.05, 0) is 19.1 Å². The normalized spacial score (nSPS) is 10.2. The molecule has 0 spiro atoms. The van der Waals surface area contributed by atoms with Crippen molar-refractivity contribution in [3.8, 4) is 0 Å². The van der Waals surface area contributed by atoms with Gasteiger partial charge in [0.05, 0.1) is 0 Å². The summed E-state index contributed by atoms with van der Waals surface area (Å²) in [5, 5.41) is 2.06. The predicted octanol–water partition coefficient (Wildman–Crippen LogP) is 3.40. The molecule has 2 rings (SSSR count). The molecule has 0 aliphatic heterocycles. The summed E-state index contributed by atoms with van der Waals surface area (Å²) in [7, 11) is 0. The average molecular weight is 206 g/mol. The molecule has 0 unspecified atom stereocenters. The van der Waals surface area contributed by atoms with Gasteiger partial charge in [0.1, 0.15) is 0 Å². The smallest absolute Gasteiger partial charge is 0.154 e. The van der Waals surface area contributed by atoms with Gasteiger partial charge in [-0.3, -0.25) is 0 Å². The van der Waals surface area contributed by atoms with Crippen LogP contribution in [0.5, 0.6) is 0 Å². The van der Waals surface area contributed by atoms with Crippen molar-refractivity contribution < 1.29 is 0 Å². The lowest BCUT2D eigenvalue weighted by Gasteiger charge is -1.94. The van der Waals surface area contributed by atoms with Crippen LogP contribution in [0.3, 0.4) is 0 Å². The second-order valence-corrected chi connectivity index (χ2v) is 4.73. The number of aryl methyl sites for hydroxylation is 1. The molecule has 0 saturated carbocycles. The summed E-state index contributed by atoms with van der Waals surface area (Å²) in [4.78, 5) is 5.49. The Kier molecular flexibility index (Phi) is 2.66. The number of thiazole rings is 1. The molecular weight excluding hydrogens is 198 g/mol. The van der Waals surface area contributed by atoms with Crippen LogP contribution < -0.4 is 0 Å². The summed E-state index contributed by atoms with van der Waals surface area (Å²) < 4.78 is 1.08. The van der Waals surface area contributed by atoms with Gasteiger partial charge in [-0.1, -0.05) is 30.0 Å². The summed E-state index contributed by atoms with van der Waals surface area (Å²) in [6.45, 7) is 2.01. The van der Waals surface area contributed by atoms with E-state index < -0.39 is 0 Å². The first-order valence-electron chi connectivity index (χ1n) is 3.91. The molecule has 1 nitrogen and oxygen atoms in total. The monoisotopic (exact) mass is 206 g/mol. The summed E-state index contributed by atoms with van der Waals surface area (Å²) in [5.41, 5.74) is 1.09. The molecule has 1 heterocycles. The van der Waals surface area contributed by atoms with Crippen LogP contribution in [0.25, 0.3) is 0 Å². The highest BCUT2D eigenvalue weighted by Crippen LogP contribution is 2.29. The fourth-order valence-electron chi connectivity index (χ4n) is 0.914. The minimum absolute atomic E-state index is 1.08. The third-order valence-electron chi connectivity index (χ3n) is 1.48. The second-order valence-electron chi connectivity index (χ2n) is 2.58. The fourth-order valence-corrected chi connectivity index (χ4v) is 2.69. The molecule has 0 fully saturated rings. The van der Waals surface area contributed by atoms with E-state index in [2.05, 4.69) is 16.4 Å². The first-order valence-corrected chi connectivity index (χ1v) is 5.61. The Labute approximate surface area is 85.8 Å². The van der Waals surface area contributed by atoms with E-state index in [0.717, 1.165) is 14.9 Å². The zero-order chi connectivity index (χ0) is 9.10. The van der Waals surface area contributed by atoms with Crippen molar-refractivity contribution >= 4 is 23.1 Å². The predicted molar refractivity (Wildman–Crippen MR) is 56.3 cm³/mol. The van der Waals surface area contributed by atoms with Crippen molar-refractivity contribution in [2.45, 2.75) is 16.2 Å². The van der Waals surface area contributed by atoms with E-state index >= 15 is 0 Å². The molecule has 1 radical (unpaired) electrons. The number of rotatable bonds is 2. The minimum atomic E-state index is 1.08. The summed E-state index contributed by atoms with van der Waals surface area (Å²) in [6.07, 6.45) is 0. The van der Waals surface area contributed by atoms with Crippen molar-refractivity contribution in [2.75, 3.05) is 0 Å². The molecule has 65 valence electrons. The molecule has 2 aromatic rings. The zero-order valence-corrected chi connectivity index (χ0v) is 8.78. The fraction of sp³-hybridized carbons (Fsp3) is 0.100. The Morgan fingerprint density at radius 1 is 1.46 bits per heavy atom. The molecule has 0 bridgehead atoms. The molecule has 0 saturated heterocycles. The third kappa shape index (κ3) is 2.32. The summed E-state index contributed by atoms with van der Waals surface area (Å²) in [6, 6.07) is 11.1. The molecule has 3 heteroatoms. The lowest BCUT2D eigenvalue weighted by molar-refractivity contribution is 1.16. The van der Waals surface area contributed by atoms with E-state index in [1.807, 2.05) is 31.2 Å². The highest BCUT2D eigenvalue weighted by molar-refractivity contribution is 8.01. The number of aromatic nitrogens is 1. The van der Waals surface area contributed by atoms with E-state index in [1.165, 1.54) is 0 Å². The Balaban J connectivity index is 2.15. The highest BCUT2D eigenvalue weighted by Gasteiger charge is 2.00. The van der Waals surface area contributed by atoms with Crippen LogP contribution >= 0.6 is 23.1 Å². The molecule has 0 N–H and O–H groups in total. The minimum Gasteiger partial charge on any atom is -0.235 e. The Bertz CT molecular complexity index is 381. The zero-order valence-electron chi connectivity index (χ0n) is 7.15. The van der Waals surface area contributed by atoms with Gasteiger partial charge in [0.2, 0.25) is 0 Å². The molecule has 1 aromatic heterocycles. The first-order chi connectivity index (χ1) is 6.34. The van der Waals surface area contributed by atoms with E-state index in [1.54, 1.807) is 23.1 Å². The van der Waals surface area contributed by atoms with Crippen molar-refractivity contribution in [3.05, 3.63) is 41.4 Å². The van der Waals surface area contributed by atoms with E-state index in [0.29, 0.717) is 0 Å². The maximum Gasteiger partial charge on any atom is 0.154 e. The third-order valence-corrected chi connectivity index (χ3v) is 3.51. The Morgan fingerprint density at radius 2 is 2.38 bits per heavy atom. The van der Waals surface area contributed by atoms with Crippen molar-refractivity contribution in [2.24, 2.45) is 0 Å². The van der Waals surface area contributed by atoms with Crippen LogP contribution in [0.4, 0.5) is 0 Å². The van der Waals surface area contributed by atoms with Crippen molar-refractivity contribution in [1.29, 1.82) is 0 Å². The van der Waals surface area contributed by atoms with Gasteiger partial charge in [0, 0.05) is 16.0 Å². The molecule has 1 aromatic carbocycles. The lowest BCUT2D eigenvalue weighted by atomic mass is 10.4. The largest absolute Gasteiger partial charge is 0.235 e. The SMILES string of the molecule is Cc1csc(Sc2[c]cccc2)n1. The summed E-state index contributed by atoms with van der Waals surface area (Å²) in [5.74, 6) is 0. The van der Waals surface area contributed by atoms with E-state index in [4.69, 9.17) is 0 Å². The van der Waals surface area contributed by atoms with Crippen molar-refractivity contribution in [3.63, 3.8) is 0 Å². The molecule has 0 atom stereocenters. The first kappa shape index (κ1) is 8.78. The standard InChI is InChI=1S/C10H8NS2/c1-8-7-12-10(11-8)13-9-5-3-2-4-6-9/h2-5,7H,1H3. The quantitative estimate of drug-likeness (QED) is 0.747. The topological polar surface area (TPSA) is 12.9 Å². The van der Waals surface area contributed by atoms with Gasteiger partial charge in [-0.25, -0.2) is 4.98 Å². The van der Waals surface area contributed by atoms with Crippen LogP contribution in [0, 0.1) is 13.0 Å². The second kappa shape index (κ2) is 3.94. The highest BCUT2D eigenvalue weighted by atomic mass is 32.2. The van der Waals surface area contributed by atoms with Gasteiger partial charge in [0.25, 0.3) is 0 Å². The summed E-state index contributed by atoms with van der Waals surface area (Å²) >= 11 is 3.34. The van der Waals surface area contributed by atoms with E-state index in [9.17, 15) is 0 Å². The maximum absolute atomic E-state index is 4.37. The number of hydrogen-bond donors (Lipinski definition) is 0. The van der Waals surface area contributed by atoms with Gasteiger partial charge in [-0.2, -0.15) is 0 Å². The molecular formula is C10H8NS2. The lowest BCUT2D eigenvalue weighted by Crippen LogP contribution is -1.72. The maximum atomic E-state index is 4.37. The molecule has 0 amide bonds. The number of nitrogens with zero attached hydrogens (tertiary/aromatic N) is 1.